The van der Waals surface area contributed by atoms with Gasteiger partial charge in [-0.25, -0.2) is 13.1 Å². The number of hydrogen-bond acceptors (Lipinski definition) is 5. The van der Waals surface area contributed by atoms with Crippen molar-refractivity contribution in [2.75, 3.05) is 26.5 Å². The Morgan fingerprint density at radius 1 is 1.42 bits per heavy atom. The highest BCUT2D eigenvalue weighted by molar-refractivity contribution is 7.88. The Morgan fingerprint density at radius 2 is 2.17 bits per heavy atom. The summed E-state index contributed by atoms with van der Waals surface area (Å²) in [7, 11) is -1.64. The minimum Gasteiger partial charge on any atom is -0.497 e. The van der Waals surface area contributed by atoms with Gasteiger partial charge in [0.05, 0.1) is 18.2 Å². The van der Waals surface area contributed by atoms with Crippen molar-refractivity contribution in [3.8, 4) is 5.75 Å². The molecule has 24 heavy (non-hydrogen) atoms. The molecule has 2 heterocycles. The van der Waals surface area contributed by atoms with Gasteiger partial charge in [0.25, 0.3) is 5.91 Å². The number of methoxy groups -OCH3 is 1. The number of aryl methyl sites for hydroxylation is 1. The maximum Gasteiger partial charge on any atom is 0.264 e. The standard InChI is InChI=1S/C16H20N2O4S2/c1-10-13-8-12(22-2)4-5-14(13)23-15(10)16(19)18-7-6-11(9-18)17-24(3,20)21/h4-5,8,11,17H,6-7,9H2,1-3H3. The molecule has 1 aromatic carbocycles. The lowest BCUT2D eigenvalue weighted by Gasteiger charge is -2.16. The third kappa shape index (κ3) is 3.40. The van der Waals surface area contributed by atoms with Crippen LogP contribution in [0, 0.1) is 6.92 Å². The molecule has 1 aliphatic heterocycles. The van der Waals surface area contributed by atoms with Gasteiger partial charge in [-0.05, 0) is 42.5 Å². The number of rotatable bonds is 4. The molecule has 0 saturated carbocycles. The zero-order valence-corrected chi connectivity index (χ0v) is 15.5. The van der Waals surface area contributed by atoms with Gasteiger partial charge in [0.1, 0.15) is 5.75 Å². The molecule has 3 rings (SSSR count). The lowest BCUT2D eigenvalue weighted by Crippen LogP contribution is -2.37. The van der Waals surface area contributed by atoms with Crippen molar-refractivity contribution in [1.29, 1.82) is 0 Å². The van der Waals surface area contributed by atoms with E-state index in [1.807, 2.05) is 25.1 Å². The number of hydrogen-bond donors (Lipinski definition) is 1. The first kappa shape index (κ1) is 17.2. The van der Waals surface area contributed by atoms with Crippen LogP contribution in [-0.4, -0.2) is 51.7 Å². The molecular formula is C16H20N2O4S2. The van der Waals surface area contributed by atoms with Crippen LogP contribution < -0.4 is 9.46 Å². The van der Waals surface area contributed by atoms with Crippen molar-refractivity contribution >= 4 is 37.4 Å². The number of ether oxygens (including phenoxy) is 1. The number of thiophene rings is 1. The van der Waals surface area contributed by atoms with Gasteiger partial charge >= 0.3 is 0 Å². The van der Waals surface area contributed by atoms with E-state index in [-0.39, 0.29) is 11.9 Å². The first-order chi connectivity index (χ1) is 11.3. The van der Waals surface area contributed by atoms with E-state index in [0.717, 1.165) is 27.7 Å². The van der Waals surface area contributed by atoms with E-state index in [9.17, 15) is 13.2 Å². The van der Waals surface area contributed by atoms with Crippen molar-refractivity contribution in [3.05, 3.63) is 28.6 Å². The fraction of sp³-hybridized carbons (Fsp3) is 0.438. The third-order valence-electron chi connectivity index (χ3n) is 4.19. The third-order valence-corrected chi connectivity index (χ3v) is 6.22. The molecule has 130 valence electrons. The molecule has 2 aromatic rings. The molecular weight excluding hydrogens is 348 g/mol. The van der Waals surface area contributed by atoms with Gasteiger partial charge in [-0.3, -0.25) is 4.79 Å². The quantitative estimate of drug-likeness (QED) is 0.895. The average Bonchev–Trinajstić information content (AvgIpc) is 3.10. The molecule has 1 atom stereocenters. The molecule has 1 fully saturated rings. The Balaban J connectivity index is 1.83. The lowest BCUT2D eigenvalue weighted by atomic mass is 10.1. The molecule has 0 radical (unpaired) electrons. The average molecular weight is 368 g/mol. The summed E-state index contributed by atoms with van der Waals surface area (Å²) < 4.78 is 31.6. The lowest BCUT2D eigenvalue weighted by molar-refractivity contribution is 0.0794. The van der Waals surface area contributed by atoms with Crippen LogP contribution in [0.25, 0.3) is 10.1 Å². The summed E-state index contributed by atoms with van der Waals surface area (Å²) in [5.41, 5.74) is 0.943. The second-order valence-corrected chi connectivity index (χ2v) is 8.88. The van der Waals surface area contributed by atoms with Crippen molar-refractivity contribution in [1.82, 2.24) is 9.62 Å². The van der Waals surface area contributed by atoms with Gasteiger partial charge in [0.2, 0.25) is 10.0 Å². The smallest absolute Gasteiger partial charge is 0.264 e. The van der Waals surface area contributed by atoms with Crippen LogP contribution in [0.2, 0.25) is 0 Å². The van der Waals surface area contributed by atoms with Crippen LogP contribution in [0.1, 0.15) is 21.7 Å². The predicted molar refractivity (Wildman–Crippen MR) is 95.4 cm³/mol. The molecule has 0 bridgehead atoms. The SMILES string of the molecule is COc1ccc2sc(C(=O)N3CCC(NS(C)(=O)=O)C3)c(C)c2c1. The first-order valence-electron chi connectivity index (χ1n) is 7.62. The highest BCUT2D eigenvalue weighted by atomic mass is 32.2. The van der Waals surface area contributed by atoms with E-state index in [4.69, 9.17) is 4.74 Å². The van der Waals surface area contributed by atoms with Crippen LogP contribution in [0.3, 0.4) is 0 Å². The van der Waals surface area contributed by atoms with E-state index in [2.05, 4.69) is 4.72 Å². The highest BCUT2D eigenvalue weighted by Gasteiger charge is 2.30. The molecule has 1 aromatic heterocycles. The fourth-order valence-electron chi connectivity index (χ4n) is 3.02. The number of fused-ring (bicyclic) bond motifs is 1. The number of nitrogens with one attached hydrogen (secondary N) is 1. The van der Waals surface area contributed by atoms with E-state index < -0.39 is 10.0 Å². The van der Waals surface area contributed by atoms with Crippen molar-refractivity contribution in [3.63, 3.8) is 0 Å². The summed E-state index contributed by atoms with van der Waals surface area (Å²) in [5, 5.41) is 1.02. The number of sulfonamides is 1. The molecule has 1 saturated heterocycles. The van der Waals surface area contributed by atoms with Crippen LogP contribution in [0.15, 0.2) is 18.2 Å². The zero-order valence-electron chi connectivity index (χ0n) is 13.8. The molecule has 1 aliphatic rings. The largest absolute Gasteiger partial charge is 0.497 e. The molecule has 0 spiro atoms. The number of nitrogens with zero attached hydrogens (tertiary/aromatic N) is 1. The van der Waals surface area contributed by atoms with Gasteiger partial charge in [0.15, 0.2) is 0 Å². The summed E-state index contributed by atoms with van der Waals surface area (Å²) in [6.45, 7) is 2.90. The summed E-state index contributed by atoms with van der Waals surface area (Å²) >= 11 is 1.47. The molecule has 1 amide bonds. The Morgan fingerprint density at radius 3 is 2.83 bits per heavy atom. The van der Waals surface area contributed by atoms with Gasteiger partial charge in [-0.15, -0.1) is 11.3 Å². The van der Waals surface area contributed by atoms with Crippen molar-refractivity contribution in [2.45, 2.75) is 19.4 Å². The van der Waals surface area contributed by atoms with Gasteiger partial charge in [-0.2, -0.15) is 0 Å². The molecule has 1 N–H and O–H groups in total. The Kier molecular flexibility index (Phi) is 4.54. The van der Waals surface area contributed by atoms with Crippen LogP contribution in [0.4, 0.5) is 0 Å². The monoisotopic (exact) mass is 368 g/mol. The normalized spacial score (nSPS) is 18.3. The number of amides is 1. The zero-order chi connectivity index (χ0) is 17.5. The van der Waals surface area contributed by atoms with Gasteiger partial charge in [0, 0.05) is 23.8 Å². The number of likely N-dealkylation sites (tertiary alicyclic amines) is 1. The Bertz CT molecular complexity index is 889. The topological polar surface area (TPSA) is 75.7 Å². The minimum atomic E-state index is -3.26. The summed E-state index contributed by atoms with van der Waals surface area (Å²) in [5.74, 6) is 0.728. The fourth-order valence-corrected chi connectivity index (χ4v) is 4.97. The summed E-state index contributed by atoms with van der Waals surface area (Å²) in [6.07, 6.45) is 1.78. The molecule has 6 nitrogen and oxygen atoms in total. The van der Waals surface area contributed by atoms with E-state index in [1.165, 1.54) is 11.3 Å². The molecule has 1 unspecified atom stereocenters. The van der Waals surface area contributed by atoms with Crippen LogP contribution in [0.5, 0.6) is 5.75 Å². The number of carbonyl (C=O) groups is 1. The van der Waals surface area contributed by atoms with E-state index >= 15 is 0 Å². The predicted octanol–water partition coefficient (Wildman–Crippen LogP) is 1.98. The van der Waals surface area contributed by atoms with Crippen molar-refractivity contribution < 1.29 is 17.9 Å². The van der Waals surface area contributed by atoms with Crippen molar-refractivity contribution in [2.24, 2.45) is 0 Å². The van der Waals surface area contributed by atoms with Gasteiger partial charge in [-0.1, -0.05) is 0 Å². The molecule has 8 heteroatoms. The minimum absolute atomic E-state index is 0.0366. The summed E-state index contributed by atoms with van der Waals surface area (Å²) in [6, 6.07) is 5.57. The van der Waals surface area contributed by atoms with E-state index in [1.54, 1.807) is 12.0 Å². The second-order valence-electron chi connectivity index (χ2n) is 6.05. The number of benzene rings is 1. The Labute approximate surface area is 145 Å². The maximum absolute atomic E-state index is 12.8. The van der Waals surface area contributed by atoms with Gasteiger partial charge < -0.3 is 9.64 Å². The van der Waals surface area contributed by atoms with E-state index in [0.29, 0.717) is 24.4 Å². The van der Waals surface area contributed by atoms with Crippen LogP contribution >= 0.6 is 11.3 Å². The number of carbonyl (C=O) groups excluding carboxylic acids is 1. The maximum atomic E-state index is 12.8. The second kappa shape index (κ2) is 6.34. The van der Waals surface area contributed by atoms with Crippen LogP contribution in [-0.2, 0) is 10.0 Å². The first-order valence-corrected chi connectivity index (χ1v) is 10.3. The highest BCUT2D eigenvalue weighted by Crippen LogP contribution is 2.34. The molecule has 0 aliphatic carbocycles. The summed E-state index contributed by atoms with van der Waals surface area (Å²) in [4.78, 5) is 15.3. The Hall–Kier alpha value is -1.64.